The average molecular weight is 363 g/mol. The summed E-state index contributed by atoms with van der Waals surface area (Å²) >= 11 is 0. The van der Waals surface area contributed by atoms with Crippen molar-refractivity contribution in [3.05, 3.63) is 41.3 Å². The van der Waals surface area contributed by atoms with Gasteiger partial charge in [-0.25, -0.2) is 21.6 Å². The summed E-state index contributed by atoms with van der Waals surface area (Å²) in [6.45, 7) is 0.866. The van der Waals surface area contributed by atoms with E-state index < -0.39 is 44.5 Å². The average Bonchev–Trinajstić information content (AvgIpc) is 3.12. The molecule has 1 aromatic heterocycles. The summed E-state index contributed by atoms with van der Waals surface area (Å²) in [5.41, 5.74) is -1.73. The third-order valence-corrected chi connectivity index (χ3v) is 5.62. The lowest BCUT2D eigenvalue weighted by atomic mass is 10.0. The smallest absolute Gasteiger partial charge is 0.260 e. The predicted molar refractivity (Wildman–Crippen MR) is 72.6 cm³/mol. The van der Waals surface area contributed by atoms with Crippen LogP contribution in [0.2, 0.25) is 0 Å². The van der Waals surface area contributed by atoms with Crippen LogP contribution in [0.25, 0.3) is 0 Å². The Morgan fingerprint density at radius 3 is 2.62 bits per heavy atom. The van der Waals surface area contributed by atoms with Gasteiger partial charge in [0.2, 0.25) is 10.0 Å². The Kier molecular flexibility index (Phi) is 3.89. The Bertz CT molecular complexity index is 902. The molecular formula is C13H12F3N3O4S. The lowest BCUT2D eigenvalue weighted by molar-refractivity contribution is 0.0194. The number of aromatic nitrogens is 2. The van der Waals surface area contributed by atoms with E-state index in [0.29, 0.717) is 12.1 Å². The Morgan fingerprint density at radius 2 is 2.00 bits per heavy atom. The monoisotopic (exact) mass is 363 g/mol. The van der Waals surface area contributed by atoms with Gasteiger partial charge in [0.05, 0.1) is 6.54 Å². The van der Waals surface area contributed by atoms with Gasteiger partial charge in [-0.15, -0.1) is 0 Å². The molecule has 1 unspecified atom stereocenters. The van der Waals surface area contributed by atoms with Gasteiger partial charge in [0.1, 0.15) is 4.90 Å². The molecule has 0 bridgehead atoms. The second-order valence-electron chi connectivity index (χ2n) is 5.44. The Labute approximate surface area is 134 Å². The maximum atomic E-state index is 13.8. The van der Waals surface area contributed by atoms with Gasteiger partial charge in [-0.1, -0.05) is 5.16 Å². The summed E-state index contributed by atoms with van der Waals surface area (Å²) in [5.74, 6) is -5.09. The maximum absolute atomic E-state index is 13.8. The molecule has 0 amide bonds. The summed E-state index contributed by atoms with van der Waals surface area (Å²) < 4.78 is 70.6. The zero-order valence-electron chi connectivity index (χ0n) is 12.3. The molecule has 0 aliphatic carbocycles. The largest absolute Gasteiger partial charge is 0.379 e. The van der Waals surface area contributed by atoms with Crippen LogP contribution in [0.1, 0.15) is 18.1 Å². The molecule has 2 heterocycles. The SMILES string of the molecule is Cc1noc(C2(O)CCN(S(=O)(=O)c3ccc(F)c(F)c3F)C2)n1. The number of sulfonamides is 1. The zero-order valence-corrected chi connectivity index (χ0v) is 13.1. The Hall–Kier alpha value is -1.98. The van der Waals surface area contributed by atoms with Crippen LogP contribution in [0.5, 0.6) is 0 Å². The minimum Gasteiger partial charge on any atom is -0.379 e. The summed E-state index contributed by atoms with van der Waals surface area (Å²) in [5, 5.41) is 14.0. The second kappa shape index (κ2) is 5.53. The van der Waals surface area contributed by atoms with Gasteiger partial charge in [-0.05, 0) is 19.1 Å². The fraction of sp³-hybridized carbons (Fsp3) is 0.385. The molecule has 1 aromatic carbocycles. The van der Waals surface area contributed by atoms with Crippen LogP contribution >= 0.6 is 0 Å². The van der Waals surface area contributed by atoms with E-state index in [9.17, 15) is 26.7 Å². The number of hydrogen-bond acceptors (Lipinski definition) is 6. The molecule has 3 rings (SSSR count). The first kappa shape index (κ1) is 16.9. The number of nitrogens with zero attached hydrogens (tertiary/aromatic N) is 3. The number of hydrogen-bond donors (Lipinski definition) is 1. The van der Waals surface area contributed by atoms with Gasteiger partial charge in [-0.3, -0.25) is 0 Å². The number of halogens is 3. The van der Waals surface area contributed by atoms with E-state index in [2.05, 4.69) is 10.1 Å². The van der Waals surface area contributed by atoms with E-state index in [4.69, 9.17) is 4.52 Å². The molecule has 0 radical (unpaired) electrons. The van der Waals surface area contributed by atoms with Crippen LogP contribution in [0.3, 0.4) is 0 Å². The lowest BCUT2D eigenvalue weighted by Crippen LogP contribution is -2.35. The van der Waals surface area contributed by atoms with Crippen molar-refractivity contribution >= 4 is 10.0 Å². The highest BCUT2D eigenvalue weighted by Gasteiger charge is 2.47. The van der Waals surface area contributed by atoms with Crippen molar-refractivity contribution in [1.29, 1.82) is 0 Å². The van der Waals surface area contributed by atoms with Crippen molar-refractivity contribution in [3.8, 4) is 0 Å². The molecule has 1 aliphatic heterocycles. The fourth-order valence-electron chi connectivity index (χ4n) is 2.47. The maximum Gasteiger partial charge on any atom is 0.260 e. The van der Waals surface area contributed by atoms with Gasteiger partial charge in [-0.2, -0.15) is 9.29 Å². The Balaban J connectivity index is 1.94. The van der Waals surface area contributed by atoms with Crippen LogP contribution < -0.4 is 0 Å². The molecule has 1 aliphatic rings. The lowest BCUT2D eigenvalue weighted by Gasteiger charge is -2.20. The Morgan fingerprint density at radius 1 is 1.29 bits per heavy atom. The van der Waals surface area contributed by atoms with Crippen molar-refractivity contribution in [1.82, 2.24) is 14.4 Å². The third kappa shape index (κ3) is 2.58. The predicted octanol–water partition coefficient (Wildman–Crippen LogP) is 1.08. The summed E-state index contributed by atoms with van der Waals surface area (Å²) in [4.78, 5) is 2.86. The van der Waals surface area contributed by atoms with Crippen molar-refractivity contribution < 1.29 is 31.2 Å². The molecule has 2 aromatic rings. The number of benzene rings is 1. The molecule has 1 atom stereocenters. The van der Waals surface area contributed by atoms with E-state index in [1.165, 1.54) is 6.92 Å². The van der Waals surface area contributed by atoms with Crippen molar-refractivity contribution in [2.45, 2.75) is 23.8 Å². The minimum absolute atomic E-state index is 0.0703. The molecule has 0 saturated carbocycles. The van der Waals surface area contributed by atoms with Crippen molar-refractivity contribution in [2.75, 3.05) is 13.1 Å². The molecule has 11 heteroatoms. The topological polar surface area (TPSA) is 96.5 Å². The molecule has 1 saturated heterocycles. The van der Waals surface area contributed by atoms with Crippen LogP contribution in [0, 0.1) is 24.4 Å². The summed E-state index contributed by atoms with van der Waals surface area (Å²) in [6, 6.07) is 1.16. The van der Waals surface area contributed by atoms with Crippen LogP contribution in [0.4, 0.5) is 13.2 Å². The first-order chi connectivity index (χ1) is 11.1. The highest BCUT2D eigenvalue weighted by molar-refractivity contribution is 7.89. The van der Waals surface area contributed by atoms with E-state index in [1.54, 1.807) is 0 Å². The van der Waals surface area contributed by atoms with Gasteiger partial charge >= 0.3 is 0 Å². The number of rotatable bonds is 3. The molecule has 0 spiro atoms. The first-order valence-corrected chi connectivity index (χ1v) is 8.26. The van der Waals surface area contributed by atoms with E-state index in [1.807, 2.05) is 0 Å². The molecular weight excluding hydrogens is 351 g/mol. The van der Waals surface area contributed by atoms with Gasteiger partial charge < -0.3 is 9.63 Å². The standard InChI is InChI=1S/C13H12F3N3O4S/c1-7-17-12(23-18-7)13(20)4-5-19(6-13)24(21,22)9-3-2-8(14)10(15)11(9)16/h2-3,20H,4-6H2,1H3. The van der Waals surface area contributed by atoms with Crippen molar-refractivity contribution in [2.24, 2.45) is 0 Å². The van der Waals surface area contributed by atoms with Gasteiger partial charge in [0.15, 0.2) is 28.9 Å². The highest BCUT2D eigenvalue weighted by atomic mass is 32.2. The molecule has 1 N–H and O–H groups in total. The third-order valence-electron chi connectivity index (χ3n) is 3.76. The zero-order chi connectivity index (χ0) is 17.7. The molecule has 24 heavy (non-hydrogen) atoms. The van der Waals surface area contributed by atoms with E-state index in [0.717, 1.165) is 4.31 Å². The number of β-amino-alcohol motifs (C(OH)–C–C–N with tert-alkyl or cyclic N) is 1. The van der Waals surface area contributed by atoms with E-state index >= 15 is 0 Å². The van der Waals surface area contributed by atoms with Crippen LogP contribution in [0.15, 0.2) is 21.6 Å². The van der Waals surface area contributed by atoms with Gasteiger partial charge in [0, 0.05) is 13.0 Å². The number of aryl methyl sites for hydroxylation is 1. The fourth-order valence-corrected chi connectivity index (χ4v) is 4.02. The molecule has 7 nitrogen and oxygen atoms in total. The van der Waals surface area contributed by atoms with Crippen LogP contribution in [-0.2, 0) is 15.6 Å². The second-order valence-corrected chi connectivity index (χ2v) is 7.35. The summed E-state index contributed by atoms with van der Waals surface area (Å²) in [6.07, 6.45) is -0.0703. The highest BCUT2D eigenvalue weighted by Crippen LogP contribution is 2.34. The minimum atomic E-state index is -4.48. The quantitative estimate of drug-likeness (QED) is 0.820. The normalized spacial score (nSPS) is 22.2. The first-order valence-electron chi connectivity index (χ1n) is 6.82. The number of aliphatic hydroxyl groups is 1. The van der Waals surface area contributed by atoms with Crippen molar-refractivity contribution in [3.63, 3.8) is 0 Å². The molecule has 1 fully saturated rings. The van der Waals surface area contributed by atoms with E-state index in [-0.39, 0.29) is 24.7 Å². The van der Waals surface area contributed by atoms with Gasteiger partial charge in [0.25, 0.3) is 5.89 Å². The summed E-state index contributed by atoms with van der Waals surface area (Å²) in [7, 11) is -4.48. The van der Waals surface area contributed by atoms with Crippen LogP contribution in [-0.4, -0.2) is 41.1 Å². The molecule has 130 valence electrons.